The van der Waals surface area contributed by atoms with Crippen LogP contribution in [0.4, 0.5) is 0 Å². The molecule has 0 aliphatic heterocycles. The third-order valence-electron chi connectivity index (χ3n) is 6.70. The molecule has 4 aliphatic carbocycles. The van der Waals surface area contributed by atoms with Crippen molar-refractivity contribution in [3.8, 4) is 5.75 Å². The molecular formula is C22H25NO4. The van der Waals surface area contributed by atoms with Crippen LogP contribution < -0.4 is 15.7 Å². The number of fused-ring (bicyclic) bond motifs is 1. The van der Waals surface area contributed by atoms with Gasteiger partial charge in [0.2, 0.25) is 0 Å². The van der Waals surface area contributed by atoms with Crippen LogP contribution in [0.3, 0.4) is 0 Å². The van der Waals surface area contributed by atoms with Crippen molar-refractivity contribution in [1.82, 2.24) is 5.32 Å². The number of amides is 1. The lowest BCUT2D eigenvalue weighted by Gasteiger charge is -2.57. The first-order chi connectivity index (χ1) is 13.0. The maximum absolute atomic E-state index is 12.8. The first-order valence-electron chi connectivity index (χ1n) is 10.0. The Morgan fingerprint density at radius 2 is 1.74 bits per heavy atom. The van der Waals surface area contributed by atoms with Gasteiger partial charge in [-0.3, -0.25) is 4.79 Å². The van der Waals surface area contributed by atoms with E-state index in [0.717, 1.165) is 42.4 Å². The van der Waals surface area contributed by atoms with Gasteiger partial charge >= 0.3 is 5.63 Å². The summed E-state index contributed by atoms with van der Waals surface area (Å²) in [5.41, 5.74) is 0.0561. The highest BCUT2D eigenvalue weighted by Gasteiger charge is 2.51. The van der Waals surface area contributed by atoms with Crippen molar-refractivity contribution in [2.75, 3.05) is 0 Å². The van der Waals surface area contributed by atoms with Gasteiger partial charge in [-0.15, -0.1) is 0 Å². The molecule has 0 spiro atoms. The number of ether oxygens (including phenoxy) is 1. The fourth-order valence-electron chi connectivity index (χ4n) is 6.00. The summed E-state index contributed by atoms with van der Waals surface area (Å²) in [5.74, 6) is 2.85. The highest BCUT2D eigenvalue weighted by atomic mass is 16.5. The van der Waals surface area contributed by atoms with Gasteiger partial charge in [-0.25, -0.2) is 4.79 Å². The Morgan fingerprint density at radius 3 is 2.41 bits per heavy atom. The lowest BCUT2D eigenvalue weighted by atomic mass is 9.53. The van der Waals surface area contributed by atoms with Crippen molar-refractivity contribution in [3.05, 3.63) is 40.8 Å². The molecule has 27 heavy (non-hydrogen) atoms. The van der Waals surface area contributed by atoms with Gasteiger partial charge in [0.25, 0.3) is 5.91 Å². The second-order valence-electron chi connectivity index (χ2n) is 8.90. The third-order valence-corrected chi connectivity index (χ3v) is 6.70. The smallest absolute Gasteiger partial charge is 0.336 e. The SMILES string of the molecule is C[C@H](Oc1ccc2ccc(=O)oc2c1)C(=O)NC12CC3CC(CC(C3)C1)C2. The van der Waals surface area contributed by atoms with E-state index in [1.165, 1.54) is 25.3 Å². The minimum absolute atomic E-state index is 0.0143. The molecule has 1 amide bonds. The number of rotatable bonds is 4. The summed E-state index contributed by atoms with van der Waals surface area (Å²) in [6.45, 7) is 1.78. The van der Waals surface area contributed by atoms with Crippen LogP contribution in [0.2, 0.25) is 0 Å². The van der Waals surface area contributed by atoms with Crippen molar-refractivity contribution in [2.24, 2.45) is 17.8 Å². The van der Waals surface area contributed by atoms with Crippen molar-refractivity contribution in [3.63, 3.8) is 0 Å². The molecule has 142 valence electrons. The van der Waals surface area contributed by atoms with E-state index in [9.17, 15) is 9.59 Å². The number of carbonyl (C=O) groups is 1. The summed E-state index contributed by atoms with van der Waals surface area (Å²) in [6, 6.07) is 8.41. The quantitative estimate of drug-likeness (QED) is 0.838. The maximum atomic E-state index is 12.8. The number of hydrogen-bond acceptors (Lipinski definition) is 4. The first-order valence-corrected chi connectivity index (χ1v) is 10.0. The number of hydrogen-bond donors (Lipinski definition) is 1. The summed E-state index contributed by atoms with van der Waals surface area (Å²) >= 11 is 0. The zero-order valence-electron chi connectivity index (χ0n) is 15.6. The molecule has 0 radical (unpaired) electrons. The maximum Gasteiger partial charge on any atom is 0.336 e. The Hall–Kier alpha value is -2.30. The minimum Gasteiger partial charge on any atom is -0.481 e. The molecule has 1 heterocycles. The lowest BCUT2D eigenvalue weighted by molar-refractivity contribution is -0.133. The van der Waals surface area contributed by atoms with E-state index in [-0.39, 0.29) is 11.4 Å². The molecule has 4 aliphatic rings. The van der Waals surface area contributed by atoms with Gasteiger partial charge in [0.05, 0.1) is 0 Å². The molecular weight excluding hydrogens is 342 g/mol. The van der Waals surface area contributed by atoms with E-state index < -0.39 is 11.7 Å². The molecule has 4 bridgehead atoms. The highest BCUT2D eigenvalue weighted by molar-refractivity contribution is 5.82. The van der Waals surface area contributed by atoms with Gasteiger partial charge in [-0.1, -0.05) is 0 Å². The van der Waals surface area contributed by atoms with Gasteiger partial charge in [0, 0.05) is 23.1 Å². The normalized spacial score (nSPS) is 32.4. The fraction of sp³-hybridized carbons (Fsp3) is 0.545. The Labute approximate surface area is 158 Å². The van der Waals surface area contributed by atoms with Crippen LogP contribution in [0, 0.1) is 17.8 Å². The molecule has 5 nitrogen and oxygen atoms in total. The molecule has 1 aromatic carbocycles. The average molecular weight is 367 g/mol. The number of benzene rings is 1. The summed E-state index contributed by atoms with van der Waals surface area (Å²) in [4.78, 5) is 24.2. The topological polar surface area (TPSA) is 68.5 Å². The predicted molar refractivity (Wildman–Crippen MR) is 102 cm³/mol. The Bertz CT molecular complexity index is 911. The Balaban J connectivity index is 1.29. The summed E-state index contributed by atoms with van der Waals surface area (Å²) < 4.78 is 11.1. The van der Waals surface area contributed by atoms with Crippen molar-refractivity contribution < 1.29 is 13.9 Å². The summed E-state index contributed by atoms with van der Waals surface area (Å²) in [7, 11) is 0. The summed E-state index contributed by atoms with van der Waals surface area (Å²) in [5, 5.41) is 4.18. The summed E-state index contributed by atoms with van der Waals surface area (Å²) in [6.07, 6.45) is 6.83. The Morgan fingerprint density at radius 1 is 1.11 bits per heavy atom. The molecule has 0 unspecified atom stereocenters. The zero-order valence-corrected chi connectivity index (χ0v) is 15.6. The fourth-order valence-corrected chi connectivity index (χ4v) is 6.00. The van der Waals surface area contributed by atoms with Crippen LogP contribution in [0.15, 0.2) is 39.5 Å². The molecule has 0 saturated heterocycles. The van der Waals surface area contributed by atoms with Gasteiger partial charge < -0.3 is 14.5 Å². The highest BCUT2D eigenvalue weighted by Crippen LogP contribution is 2.55. The molecule has 4 saturated carbocycles. The van der Waals surface area contributed by atoms with Gasteiger partial charge in [0.1, 0.15) is 11.3 Å². The van der Waals surface area contributed by atoms with Crippen LogP contribution in [-0.4, -0.2) is 17.6 Å². The van der Waals surface area contributed by atoms with E-state index >= 15 is 0 Å². The van der Waals surface area contributed by atoms with Gasteiger partial charge in [0.15, 0.2) is 6.10 Å². The van der Waals surface area contributed by atoms with Crippen LogP contribution in [0.25, 0.3) is 11.0 Å². The molecule has 1 atom stereocenters. The van der Waals surface area contributed by atoms with Crippen LogP contribution in [-0.2, 0) is 4.79 Å². The molecule has 4 fully saturated rings. The van der Waals surface area contributed by atoms with Crippen LogP contribution >= 0.6 is 0 Å². The molecule has 5 heteroatoms. The second-order valence-corrected chi connectivity index (χ2v) is 8.90. The lowest BCUT2D eigenvalue weighted by Crippen LogP contribution is -2.61. The number of carbonyl (C=O) groups excluding carboxylic acids is 1. The molecule has 6 rings (SSSR count). The van der Waals surface area contributed by atoms with Gasteiger partial charge in [-0.2, -0.15) is 0 Å². The van der Waals surface area contributed by atoms with Crippen LogP contribution in [0.1, 0.15) is 45.4 Å². The van der Waals surface area contributed by atoms with E-state index in [2.05, 4.69) is 5.32 Å². The minimum atomic E-state index is -0.592. The molecule has 1 aromatic heterocycles. The van der Waals surface area contributed by atoms with Crippen molar-refractivity contribution in [1.29, 1.82) is 0 Å². The average Bonchev–Trinajstić information content (AvgIpc) is 2.59. The molecule has 2 aromatic rings. The Kier molecular flexibility index (Phi) is 3.81. The van der Waals surface area contributed by atoms with E-state index in [1.54, 1.807) is 25.1 Å². The van der Waals surface area contributed by atoms with E-state index in [1.807, 2.05) is 6.07 Å². The van der Waals surface area contributed by atoms with Crippen molar-refractivity contribution >= 4 is 16.9 Å². The van der Waals surface area contributed by atoms with Gasteiger partial charge in [-0.05, 0) is 81.4 Å². The standard InChI is InChI=1S/C22H25NO4/c1-13(26-18-4-2-17-3-5-20(24)27-19(17)9-18)21(25)23-22-10-14-6-15(11-22)8-16(7-14)12-22/h2-5,9,13-16H,6-8,10-12H2,1H3,(H,23,25)/t13-,14?,15?,16?,22?/m0/s1. The van der Waals surface area contributed by atoms with E-state index in [0.29, 0.717) is 11.3 Å². The third kappa shape index (κ3) is 3.13. The zero-order chi connectivity index (χ0) is 18.6. The largest absolute Gasteiger partial charge is 0.481 e. The monoisotopic (exact) mass is 367 g/mol. The van der Waals surface area contributed by atoms with Crippen molar-refractivity contribution in [2.45, 2.75) is 57.1 Å². The molecule has 1 N–H and O–H groups in total. The first kappa shape index (κ1) is 16.8. The predicted octanol–water partition coefficient (Wildman–Crippen LogP) is 3.65. The number of nitrogens with one attached hydrogen (secondary N) is 1. The second kappa shape index (κ2) is 6.11. The van der Waals surface area contributed by atoms with Crippen LogP contribution in [0.5, 0.6) is 5.75 Å². The van der Waals surface area contributed by atoms with E-state index in [4.69, 9.17) is 9.15 Å².